The van der Waals surface area contributed by atoms with Crippen LogP contribution in [0.4, 0.5) is 0 Å². The van der Waals surface area contributed by atoms with E-state index in [0.717, 1.165) is 16.7 Å². The van der Waals surface area contributed by atoms with Crippen LogP contribution in [0.5, 0.6) is 0 Å². The van der Waals surface area contributed by atoms with Crippen LogP contribution >= 0.6 is 23.5 Å². The number of amides is 3. The van der Waals surface area contributed by atoms with Gasteiger partial charge in [0.1, 0.15) is 23.2 Å². The van der Waals surface area contributed by atoms with Gasteiger partial charge in [0.2, 0.25) is 16.7 Å². The van der Waals surface area contributed by atoms with E-state index in [4.69, 9.17) is 0 Å². The predicted octanol–water partition coefficient (Wildman–Crippen LogP) is 0.242. The molecule has 0 radical (unpaired) electrons. The smallest absolute Gasteiger partial charge is 0.352 e. The summed E-state index contributed by atoms with van der Waals surface area (Å²) < 4.78 is 0. The molecule has 0 saturated carbocycles. The van der Waals surface area contributed by atoms with Crippen LogP contribution in [0.2, 0.25) is 0 Å². The molecule has 14 nitrogen and oxygen atoms in total. The van der Waals surface area contributed by atoms with E-state index in [1.165, 1.54) is 11.8 Å². The number of H-pyrrole nitrogens is 2. The quantitative estimate of drug-likeness (QED) is 0.204. The highest BCUT2D eigenvalue weighted by Crippen LogP contribution is 2.41. The normalized spacial score (nSPS) is 18.2. The molecule has 0 spiro atoms. The number of nitrogens with one attached hydrogen (secondary N) is 4. The van der Waals surface area contributed by atoms with E-state index in [2.05, 4.69) is 15.7 Å². The van der Waals surface area contributed by atoms with Crippen LogP contribution in [-0.2, 0) is 14.4 Å². The second-order valence-corrected chi connectivity index (χ2v) is 11.3. The number of carbonyl (C=O) groups excluding carboxylic acids is 4. The highest BCUT2D eigenvalue weighted by molar-refractivity contribution is 8.14. The van der Waals surface area contributed by atoms with Crippen molar-refractivity contribution in [2.75, 3.05) is 11.5 Å². The van der Waals surface area contributed by atoms with E-state index in [1.807, 2.05) is 10.1 Å². The molecule has 2 aliphatic heterocycles. The summed E-state index contributed by atoms with van der Waals surface area (Å²) in [7, 11) is 0. The fourth-order valence-electron chi connectivity index (χ4n) is 4.49. The molecule has 2 aromatic carbocycles. The van der Waals surface area contributed by atoms with E-state index in [1.54, 1.807) is 60.7 Å². The molecule has 1 saturated heterocycles. The fraction of sp³-hybridized carbons (Fsp3) is 0.185. The molecule has 1 aromatic heterocycles. The van der Waals surface area contributed by atoms with Gasteiger partial charge in [0.15, 0.2) is 0 Å². The zero-order valence-electron chi connectivity index (χ0n) is 21.9. The molecule has 2 aliphatic rings. The lowest BCUT2D eigenvalue weighted by atomic mass is 10.0. The van der Waals surface area contributed by atoms with E-state index in [9.17, 15) is 38.7 Å². The van der Waals surface area contributed by atoms with Gasteiger partial charge in [-0.15, -0.1) is 11.8 Å². The first-order valence-corrected chi connectivity index (χ1v) is 14.7. The van der Waals surface area contributed by atoms with Gasteiger partial charge < -0.3 is 15.7 Å². The monoisotopic (exact) mass is 622 g/mol. The third-order valence-electron chi connectivity index (χ3n) is 6.53. The molecule has 3 atom stereocenters. The second kappa shape index (κ2) is 12.5. The number of benzene rings is 2. The molecule has 0 aliphatic carbocycles. The summed E-state index contributed by atoms with van der Waals surface area (Å²) in [6.07, 6.45) is 0. The Bertz CT molecular complexity index is 1760. The van der Waals surface area contributed by atoms with Crippen LogP contribution in [0.3, 0.4) is 0 Å². The number of nitrogens with zero attached hydrogens (tertiary/aromatic N) is 2. The largest absolute Gasteiger partial charge is 0.477 e. The van der Waals surface area contributed by atoms with Crippen molar-refractivity contribution < 1.29 is 29.1 Å². The van der Waals surface area contributed by atoms with Gasteiger partial charge in [-0.2, -0.15) is 5.10 Å². The summed E-state index contributed by atoms with van der Waals surface area (Å²) in [6, 6.07) is 14.1. The molecule has 0 bridgehead atoms. The van der Waals surface area contributed by atoms with Gasteiger partial charge in [0, 0.05) is 17.1 Å². The van der Waals surface area contributed by atoms with Crippen molar-refractivity contribution in [1.29, 1.82) is 0 Å². The Hall–Kier alpha value is -4.96. The Morgan fingerprint density at radius 3 is 2.37 bits per heavy atom. The number of carboxylic acid groups (broad SMARTS) is 1. The van der Waals surface area contributed by atoms with Crippen LogP contribution in [0.1, 0.15) is 32.5 Å². The first-order chi connectivity index (χ1) is 20.7. The van der Waals surface area contributed by atoms with E-state index < -0.39 is 58.1 Å². The minimum atomic E-state index is -1.37. The number of aliphatic carboxylic acids is 1. The SMILES string of the molecule is O=C(O)C1=C(CSC(=O)c2ccccc2)CS[C@H]2[C@H](NC(=O)C(NC(=O)c3n[nH]c(=O)[nH]c3=O)c3ccccc3)C(=O)N12. The van der Waals surface area contributed by atoms with Gasteiger partial charge in [0.25, 0.3) is 17.4 Å². The van der Waals surface area contributed by atoms with Crippen molar-refractivity contribution in [3.05, 3.63) is 110 Å². The topological polar surface area (TPSA) is 211 Å². The van der Waals surface area contributed by atoms with Crippen molar-refractivity contribution in [1.82, 2.24) is 30.7 Å². The number of carbonyl (C=O) groups is 5. The average molecular weight is 623 g/mol. The van der Waals surface area contributed by atoms with Crippen LogP contribution in [0.15, 0.2) is 81.5 Å². The molecule has 43 heavy (non-hydrogen) atoms. The summed E-state index contributed by atoms with van der Waals surface area (Å²) in [4.78, 5) is 90.4. The number of aromatic amines is 2. The van der Waals surface area contributed by atoms with Crippen molar-refractivity contribution >= 4 is 52.3 Å². The number of carboxylic acids is 1. The predicted molar refractivity (Wildman–Crippen MR) is 155 cm³/mol. The van der Waals surface area contributed by atoms with Gasteiger partial charge in [-0.25, -0.2) is 14.7 Å². The lowest BCUT2D eigenvalue weighted by molar-refractivity contribution is -0.151. The van der Waals surface area contributed by atoms with Crippen LogP contribution in [-0.4, -0.2) is 76.9 Å². The number of hydrogen-bond donors (Lipinski definition) is 5. The van der Waals surface area contributed by atoms with Crippen LogP contribution < -0.4 is 21.9 Å². The Labute approximate surface area is 250 Å². The summed E-state index contributed by atoms with van der Waals surface area (Å²) in [6.45, 7) is 0. The first-order valence-electron chi connectivity index (χ1n) is 12.6. The molecule has 3 heterocycles. The standard InChI is InChI=1S/C27H22N6O8S2/c34-20(16(13-7-3-1-4-8-13)28-21(35)17-22(36)30-27(41)32-31-17)29-18-23(37)33-19(25(38)39)15(11-42-24(18)33)12-43-26(40)14-9-5-2-6-10-14/h1-10,16,18,24H,11-12H2,(H,28,35)(H,29,34)(H,38,39)(H2,30,32,36,41)/t16?,18-,24+/m1/s1. The molecule has 3 aromatic rings. The molecule has 1 unspecified atom stereocenters. The molecule has 16 heteroatoms. The van der Waals surface area contributed by atoms with Gasteiger partial charge >= 0.3 is 11.7 Å². The van der Waals surface area contributed by atoms with Crippen molar-refractivity contribution in [2.45, 2.75) is 17.5 Å². The number of aromatic nitrogens is 3. The number of β-lactam (4-membered cyclic amide) rings is 1. The highest BCUT2D eigenvalue weighted by atomic mass is 32.2. The fourth-order valence-corrected chi connectivity index (χ4v) is 6.81. The summed E-state index contributed by atoms with van der Waals surface area (Å²) in [5.41, 5.74) is -1.72. The highest BCUT2D eigenvalue weighted by Gasteiger charge is 2.54. The van der Waals surface area contributed by atoms with Crippen LogP contribution in [0, 0.1) is 0 Å². The third kappa shape index (κ3) is 6.14. The van der Waals surface area contributed by atoms with E-state index in [-0.39, 0.29) is 22.3 Å². The van der Waals surface area contributed by atoms with Crippen molar-refractivity contribution in [3.8, 4) is 0 Å². The zero-order chi connectivity index (χ0) is 30.7. The Morgan fingerprint density at radius 1 is 1.05 bits per heavy atom. The van der Waals surface area contributed by atoms with Gasteiger partial charge in [-0.3, -0.25) is 33.9 Å². The van der Waals surface area contributed by atoms with Gasteiger partial charge in [-0.05, 0) is 11.1 Å². The maximum atomic E-state index is 13.4. The molecule has 3 amide bonds. The molecule has 5 rings (SSSR count). The lowest BCUT2D eigenvalue weighted by Crippen LogP contribution is -2.71. The number of rotatable bonds is 9. The number of fused-ring (bicyclic) bond motifs is 1. The van der Waals surface area contributed by atoms with Gasteiger partial charge in [0.05, 0.1) is 0 Å². The average Bonchev–Trinajstić information content (AvgIpc) is 3.01. The zero-order valence-corrected chi connectivity index (χ0v) is 23.6. The van der Waals surface area contributed by atoms with Crippen molar-refractivity contribution in [2.24, 2.45) is 0 Å². The number of thioether (sulfide) groups is 2. The molecule has 1 fully saturated rings. The minimum absolute atomic E-state index is 0.0654. The summed E-state index contributed by atoms with van der Waals surface area (Å²) in [5.74, 6) is -3.59. The molecule has 5 N–H and O–H groups in total. The second-order valence-electron chi connectivity index (χ2n) is 9.27. The minimum Gasteiger partial charge on any atom is -0.477 e. The first kappa shape index (κ1) is 29.5. The Balaban J connectivity index is 1.32. The number of hydrogen-bond acceptors (Lipinski definition) is 10. The third-order valence-corrected chi connectivity index (χ3v) is 8.86. The maximum absolute atomic E-state index is 13.4. The molecule has 220 valence electrons. The van der Waals surface area contributed by atoms with E-state index in [0.29, 0.717) is 16.7 Å². The summed E-state index contributed by atoms with van der Waals surface area (Å²) >= 11 is 2.17. The molecular formula is C27H22N6O8S2. The lowest BCUT2D eigenvalue weighted by Gasteiger charge is -2.49. The summed E-state index contributed by atoms with van der Waals surface area (Å²) in [5, 5.41) is 19.3. The Kier molecular flexibility index (Phi) is 8.58. The maximum Gasteiger partial charge on any atom is 0.352 e. The molecular weight excluding hydrogens is 600 g/mol. The van der Waals surface area contributed by atoms with Crippen LogP contribution in [0.25, 0.3) is 0 Å². The van der Waals surface area contributed by atoms with Gasteiger partial charge in [-0.1, -0.05) is 72.4 Å². The van der Waals surface area contributed by atoms with Crippen molar-refractivity contribution in [3.63, 3.8) is 0 Å². The van der Waals surface area contributed by atoms with E-state index >= 15 is 0 Å². The Morgan fingerprint density at radius 2 is 1.72 bits per heavy atom.